The van der Waals surface area contributed by atoms with Crippen LogP contribution in [0.5, 0.6) is 0 Å². The van der Waals surface area contributed by atoms with E-state index in [4.69, 9.17) is 17.0 Å². The molecule has 1 heterocycles. The van der Waals surface area contributed by atoms with Crippen LogP contribution in [0.25, 0.3) is 0 Å². The summed E-state index contributed by atoms with van der Waals surface area (Å²) in [5.74, 6) is -0.483. The lowest BCUT2D eigenvalue weighted by Crippen LogP contribution is -2.46. The van der Waals surface area contributed by atoms with Gasteiger partial charge in [0.15, 0.2) is 5.05 Å². The van der Waals surface area contributed by atoms with Crippen molar-refractivity contribution >= 4 is 29.0 Å². The van der Waals surface area contributed by atoms with Crippen LogP contribution in [0.1, 0.15) is 68.4 Å². The third-order valence-electron chi connectivity index (χ3n) is 7.03. The van der Waals surface area contributed by atoms with Gasteiger partial charge in [0, 0.05) is 18.4 Å². The SMILES string of the molecule is O=C(C(=O)N1CCC[C@H]1C(=S)OCCC(c1ccccc1)c1ccccc1)C1CCCCC1. The number of nitrogens with zero attached hydrogens (tertiary/aromatic N) is 1. The maximum Gasteiger partial charge on any atom is 0.290 e. The van der Waals surface area contributed by atoms with Gasteiger partial charge in [0.05, 0.1) is 6.61 Å². The fourth-order valence-corrected chi connectivity index (χ4v) is 5.53. The molecule has 1 aliphatic carbocycles. The Balaban J connectivity index is 1.36. The Morgan fingerprint density at radius 3 is 2.09 bits per heavy atom. The number of ether oxygens (including phenoxy) is 1. The van der Waals surface area contributed by atoms with Gasteiger partial charge in [-0.2, -0.15) is 0 Å². The van der Waals surface area contributed by atoms with E-state index >= 15 is 0 Å². The second-order valence-corrected chi connectivity index (χ2v) is 9.59. The number of carbonyl (C=O) groups is 2. The van der Waals surface area contributed by atoms with Crippen LogP contribution in [0.2, 0.25) is 0 Å². The molecule has 1 atom stereocenters. The molecule has 1 aliphatic heterocycles. The van der Waals surface area contributed by atoms with Gasteiger partial charge >= 0.3 is 0 Å². The van der Waals surface area contributed by atoms with E-state index in [1.807, 2.05) is 12.1 Å². The fraction of sp³-hybridized carbons (Fsp3) is 0.464. The Bertz CT molecular complexity index is 901. The van der Waals surface area contributed by atoms with Crippen LogP contribution in [-0.4, -0.2) is 40.8 Å². The molecule has 0 unspecified atom stereocenters. The first-order valence-electron chi connectivity index (χ1n) is 12.3. The fourth-order valence-electron chi connectivity index (χ4n) is 5.21. The molecule has 2 aromatic carbocycles. The highest BCUT2D eigenvalue weighted by Crippen LogP contribution is 2.29. The third kappa shape index (κ3) is 5.89. The molecule has 2 aliphatic rings. The number of Topliss-reactive ketones (excluding diaryl/α,β-unsaturated/α-hetero) is 1. The zero-order valence-corrected chi connectivity index (χ0v) is 20.0. The summed E-state index contributed by atoms with van der Waals surface area (Å²) in [7, 11) is 0. The lowest BCUT2D eigenvalue weighted by molar-refractivity contribution is -0.147. The van der Waals surface area contributed by atoms with Gasteiger partial charge in [-0.1, -0.05) is 79.9 Å². The highest BCUT2D eigenvalue weighted by molar-refractivity contribution is 7.80. The van der Waals surface area contributed by atoms with Crippen LogP contribution in [0.4, 0.5) is 0 Å². The minimum Gasteiger partial charge on any atom is -0.485 e. The van der Waals surface area contributed by atoms with E-state index in [0.29, 0.717) is 18.2 Å². The highest BCUT2D eigenvalue weighted by Gasteiger charge is 2.38. The molecule has 0 spiro atoms. The van der Waals surface area contributed by atoms with Crippen molar-refractivity contribution in [2.45, 2.75) is 63.3 Å². The van der Waals surface area contributed by atoms with Crippen molar-refractivity contribution in [2.24, 2.45) is 5.92 Å². The molecule has 2 fully saturated rings. The van der Waals surface area contributed by atoms with Gasteiger partial charge in [-0.15, -0.1) is 0 Å². The summed E-state index contributed by atoms with van der Waals surface area (Å²) in [6, 6.07) is 20.6. The Morgan fingerprint density at radius 2 is 1.48 bits per heavy atom. The zero-order valence-electron chi connectivity index (χ0n) is 19.2. The normalized spacial score (nSPS) is 18.9. The monoisotopic (exact) mass is 463 g/mol. The number of hydrogen-bond donors (Lipinski definition) is 0. The molecule has 1 saturated carbocycles. The van der Waals surface area contributed by atoms with Crippen LogP contribution < -0.4 is 0 Å². The summed E-state index contributed by atoms with van der Waals surface area (Å²) in [5.41, 5.74) is 2.49. The van der Waals surface area contributed by atoms with Crippen LogP contribution in [0.15, 0.2) is 60.7 Å². The minimum atomic E-state index is -0.359. The smallest absolute Gasteiger partial charge is 0.290 e. The molecular weight excluding hydrogens is 430 g/mol. The van der Waals surface area contributed by atoms with Crippen molar-refractivity contribution in [2.75, 3.05) is 13.2 Å². The van der Waals surface area contributed by atoms with E-state index in [1.165, 1.54) is 11.1 Å². The summed E-state index contributed by atoms with van der Waals surface area (Å²) in [6.07, 6.45) is 7.33. The van der Waals surface area contributed by atoms with Crippen molar-refractivity contribution in [3.63, 3.8) is 0 Å². The maximum absolute atomic E-state index is 13.0. The number of hydrogen-bond acceptors (Lipinski definition) is 4. The number of benzene rings is 2. The van der Waals surface area contributed by atoms with E-state index in [9.17, 15) is 9.59 Å². The molecule has 0 bridgehead atoms. The third-order valence-corrected chi connectivity index (χ3v) is 7.42. The highest BCUT2D eigenvalue weighted by atomic mass is 32.1. The van der Waals surface area contributed by atoms with E-state index in [-0.39, 0.29) is 29.6 Å². The predicted octanol–water partition coefficient (Wildman–Crippen LogP) is 5.69. The van der Waals surface area contributed by atoms with E-state index < -0.39 is 0 Å². The summed E-state index contributed by atoms with van der Waals surface area (Å²) in [6.45, 7) is 1.06. The van der Waals surface area contributed by atoms with Crippen molar-refractivity contribution in [1.82, 2.24) is 4.90 Å². The molecule has 0 N–H and O–H groups in total. The van der Waals surface area contributed by atoms with Gasteiger partial charge in [-0.3, -0.25) is 9.59 Å². The first-order valence-corrected chi connectivity index (χ1v) is 12.7. The molecule has 4 nitrogen and oxygen atoms in total. The van der Waals surface area contributed by atoms with Gasteiger partial charge in [0.25, 0.3) is 5.91 Å². The predicted molar refractivity (Wildman–Crippen MR) is 134 cm³/mol. The number of likely N-dealkylation sites (tertiary alicyclic amines) is 1. The van der Waals surface area contributed by atoms with Crippen LogP contribution in [0, 0.1) is 5.92 Å². The lowest BCUT2D eigenvalue weighted by Gasteiger charge is -2.27. The topological polar surface area (TPSA) is 46.6 Å². The average Bonchev–Trinajstić information content (AvgIpc) is 3.37. The second-order valence-electron chi connectivity index (χ2n) is 9.19. The summed E-state index contributed by atoms with van der Waals surface area (Å²) >= 11 is 5.61. The standard InChI is InChI=1S/C28H33NO3S/c30-26(23-15-8-3-9-16-23)27(31)29-19-10-17-25(29)28(33)32-20-18-24(21-11-4-1-5-12-21)22-13-6-2-7-14-22/h1-2,4-7,11-14,23-25H,3,8-10,15-20H2/t25-/m0/s1. The maximum atomic E-state index is 13.0. The Morgan fingerprint density at radius 1 is 0.879 bits per heavy atom. The lowest BCUT2D eigenvalue weighted by atomic mass is 9.86. The Labute approximate surface area is 202 Å². The first kappa shape index (κ1) is 23.6. The summed E-state index contributed by atoms with van der Waals surface area (Å²) < 4.78 is 6.03. The van der Waals surface area contributed by atoms with Gasteiger partial charge in [-0.25, -0.2) is 0 Å². The minimum absolute atomic E-state index is 0.112. The molecule has 174 valence electrons. The first-order chi connectivity index (χ1) is 16.1. The molecule has 2 aromatic rings. The van der Waals surface area contributed by atoms with Crippen LogP contribution in [0.3, 0.4) is 0 Å². The Hall–Kier alpha value is -2.53. The molecule has 0 radical (unpaired) electrons. The van der Waals surface area contributed by atoms with Gasteiger partial charge in [0.2, 0.25) is 5.78 Å². The molecular formula is C28H33NO3S. The number of thiocarbonyl (C=S) groups is 1. The van der Waals surface area contributed by atoms with E-state index in [0.717, 1.165) is 51.4 Å². The number of rotatable bonds is 8. The molecule has 1 amide bonds. The van der Waals surface area contributed by atoms with Gasteiger partial charge in [-0.05, 0) is 55.4 Å². The van der Waals surface area contributed by atoms with Crippen LogP contribution in [-0.2, 0) is 14.3 Å². The largest absolute Gasteiger partial charge is 0.485 e. The summed E-state index contributed by atoms with van der Waals surface area (Å²) in [5, 5.41) is 0.442. The number of carbonyl (C=O) groups excluding carboxylic acids is 2. The van der Waals surface area contributed by atoms with Gasteiger partial charge < -0.3 is 9.64 Å². The van der Waals surface area contributed by atoms with E-state index in [2.05, 4.69) is 48.5 Å². The number of ketones is 1. The van der Waals surface area contributed by atoms with Crippen molar-refractivity contribution < 1.29 is 14.3 Å². The zero-order chi connectivity index (χ0) is 23.0. The molecule has 5 heteroatoms. The second kappa shape index (κ2) is 11.6. The molecule has 4 rings (SSSR count). The molecule has 0 aromatic heterocycles. The van der Waals surface area contributed by atoms with Crippen molar-refractivity contribution in [3.05, 3.63) is 71.8 Å². The molecule has 1 saturated heterocycles. The van der Waals surface area contributed by atoms with E-state index in [1.54, 1.807) is 4.90 Å². The number of amides is 1. The van der Waals surface area contributed by atoms with Crippen molar-refractivity contribution in [1.29, 1.82) is 0 Å². The summed E-state index contributed by atoms with van der Waals surface area (Å²) in [4.78, 5) is 27.4. The average molecular weight is 464 g/mol. The molecule has 33 heavy (non-hydrogen) atoms. The van der Waals surface area contributed by atoms with Gasteiger partial charge in [0.1, 0.15) is 6.04 Å². The quantitative estimate of drug-likeness (QED) is 0.373. The Kier molecular flexibility index (Phi) is 8.27. The van der Waals surface area contributed by atoms with Crippen LogP contribution >= 0.6 is 12.2 Å². The van der Waals surface area contributed by atoms with Crippen molar-refractivity contribution in [3.8, 4) is 0 Å².